The minimum Gasteiger partial charge on any atom is -0.434 e. The van der Waals surface area contributed by atoms with E-state index in [1.165, 1.54) is 24.3 Å². The van der Waals surface area contributed by atoms with Crippen LogP contribution < -0.4 is 4.74 Å². The third kappa shape index (κ3) is 5.01. The summed E-state index contributed by atoms with van der Waals surface area (Å²) in [5, 5.41) is 0. The highest BCUT2D eigenvalue weighted by atomic mass is 16.7. The van der Waals surface area contributed by atoms with Gasteiger partial charge in [-0.3, -0.25) is 9.59 Å². The summed E-state index contributed by atoms with van der Waals surface area (Å²) in [4.78, 5) is 35.5. The Hall–Kier alpha value is -2.95. The van der Waals surface area contributed by atoms with Gasteiger partial charge in [-0.1, -0.05) is 56.2 Å². The smallest absolute Gasteiger partial charge is 0.434 e. The van der Waals surface area contributed by atoms with Crippen molar-refractivity contribution in [2.75, 3.05) is 6.61 Å². The van der Waals surface area contributed by atoms with Crippen molar-refractivity contribution in [2.24, 2.45) is 0 Å². The van der Waals surface area contributed by atoms with Gasteiger partial charge < -0.3 is 9.47 Å². The Balaban J connectivity index is 2.16. The van der Waals surface area contributed by atoms with E-state index in [0.29, 0.717) is 0 Å². The van der Waals surface area contributed by atoms with E-state index in [1.54, 1.807) is 30.6 Å². The van der Waals surface area contributed by atoms with Crippen LogP contribution in [0.1, 0.15) is 47.7 Å². The lowest BCUT2D eigenvalue weighted by molar-refractivity contribution is 0.0958. The maximum atomic E-state index is 12.7. The first-order valence-corrected chi connectivity index (χ1v) is 8.13. The molecule has 25 heavy (non-hydrogen) atoms. The molecule has 0 spiro atoms. The normalized spacial score (nSPS) is 10.1. The second kappa shape index (κ2) is 9.37. The monoisotopic (exact) mass is 339 g/mol. The summed E-state index contributed by atoms with van der Waals surface area (Å²) in [7, 11) is 0. The summed E-state index contributed by atoms with van der Waals surface area (Å²) in [6, 6.07) is 12.7. The first-order valence-electron chi connectivity index (χ1n) is 8.13. The van der Waals surface area contributed by atoms with Crippen LogP contribution in [-0.4, -0.2) is 24.8 Å². The predicted octanol–water partition coefficient (Wildman–Crippen LogP) is 4.08. The Kier molecular flexibility index (Phi) is 6.89. The standard InChI is InChI=1S/C20H19O5/c1-2-3-8-13-24-20(23)25-18-12-7-6-11-17(18)19(22)16-10-5-4-9-15(16)14-21/h4-7,9-12H,2-3,8,13H2,1H3. The topological polar surface area (TPSA) is 69.7 Å². The van der Waals surface area contributed by atoms with Gasteiger partial charge in [0.1, 0.15) is 5.75 Å². The lowest BCUT2D eigenvalue weighted by Gasteiger charge is -2.10. The maximum absolute atomic E-state index is 12.7. The molecule has 0 aliphatic heterocycles. The Labute approximate surface area is 146 Å². The fourth-order valence-electron chi connectivity index (χ4n) is 2.29. The molecule has 0 fully saturated rings. The number of hydrogen-bond acceptors (Lipinski definition) is 5. The van der Waals surface area contributed by atoms with Gasteiger partial charge in [0, 0.05) is 11.1 Å². The average Bonchev–Trinajstić information content (AvgIpc) is 2.65. The summed E-state index contributed by atoms with van der Waals surface area (Å²) >= 11 is 0. The molecule has 5 heteroatoms. The molecule has 0 bridgehead atoms. The molecule has 0 saturated heterocycles. The van der Waals surface area contributed by atoms with E-state index in [1.807, 2.05) is 0 Å². The van der Waals surface area contributed by atoms with Gasteiger partial charge in [0.15, 0.2) is 5.78 Å². The third-order valence-corrected chi connectivity index (χ3v) is 3.57. The summed E-state index contributed by atoms with van der Waals surface area (Å²) in [6.45, 7) is 2.32. The molecule has 1 radical (unpaired) electrons. The number of hydrogen-bond donors (Lipinski definition) is 0. The minimum absolute atomic E-state index is 0.0914. The number of rotatable bonds is 8. The van der Waals surface area contributed by atoms with E-state index >= 15 is 0 Å². The van der Waals surface area contributed by atoms with E-state index in [-0.39, 0.29) is 29.0 Å². The highest BCUT2D eigenvalue weighted by Gasteiger charge is 2.19. The predicted molar refractivity (Wildman–Crippen MR) is 92.6 cm³/mol. The molecular weight excluding hydrogens is 320 g/mol. The number of carbonyl (C=O) groups is 2. The van der Waals surface area contributed by atoms with E-state index in [4.69, 9.17) is 9.47 Å². The van der Waals surface area contributed by atoms with Crippen molar-refractivity contribution in [3.05, 3.63) is 65.2 Å². The second-order valence-corrected chi connectivity index (χ2v) is 5.38. The lowest BCUT2D eigenvalue weighted by atomic mass is 9.98. The largest absolute Gasteiger partial charge is 0.513 e. The van der Waals surface area contributed by atoms with Crippen LogP contribution in [0, 0.1) is 0 Å². The maximum Gasteiger partial charge on any atom is 0.513 e. The number of ketones is 1. The molecule has 2 aromatic carbocycles. The van der Waals surface area contributed by atoms with Crippen molar-refractivity contribution in [1.29, 1.82) is 0 Å². The highest BCUT2D eigenvalue weighted by molar-refractivity contribution is 6.14. The number of benzene rings is 2. The van der Waals surface area contributed by atoms with E-state index < -0.39 is 11.9 Å². The zero-order chi connectivity index (χ0) is 18.1. The van der Waals surface area contributed by atoms with Crippen molar-refractivity contribution in [3.8, 4) is 5.75 Å². The van der Waals surface area contributed by atoms with Gasteiger partial charge in [0.2, 0.25) is 6.29 Å². The molecule has 0 unspecified atom stereocenters. The third-order valence-electron chi connectivity index (χ3n) is 3.57. The van der Waals surface area contributed by atoms with Crippen LogP contribution in [0.5, 0.6) is 5.75 Å². The molecular formula is C20H19O5. The minimum atomic E-state index is -0.855. The van der Waals surface area contributed by atoms with Gasteiger partial charge in [-0.2, -0.15) is 0 Å². The highest BCUT2D eigenvalue weighted by Crippen LogP contribution is 2.23. The van der Waals surface area contributed by atoms with Crippen molar-refractivity contribution in [2.45, 2.75) is 26.2 Å². The number of carbonyl (C=O) groups excluding carboxylic acids is 3. The number of ether oxygens (including phenoxy) is 2. The Morgan fingerprint density at radius 3 is 2.36 bits per heavy atom. The second-order valence-electron chi connectivity index (χ2n) is 5.38. The van der Waals surface area contributed by atoms with Gasteiger partial charge in [-0.05, 0) is 18.6 Å². The van der Waals surface area contributed by atoms with Crippen LogP contribution in [0.3, 0.4) is 0 Å². The fourth-order valence-corrected chi connectivity index (χ4v) is 2.29. The van der Waals surface area contributed by atoms with Crippen LogP contribution in [-0.2, 0) is 9.53 Å². The summed E-state index contributed by atoms with van der Waals surface area (Å²) < 4.78 is 10.2. The zero-order valence-corrected chi connectivity index (χ0v) is 14.0. The van der Waals surface area contributed by atoms with Crippen LogP contribution in [0.2, 0.25) is 0 Å². The molecule has 0 aliphatic carbocycles. The molecule has 2 aromatic rings. The molecule has 5 nitrogen and oxygen atoms in total. The Morgan fingerprint density at radius 1 is 0.960 bits per heavy atom. The van der Waals surface area contributed by atoms with Gasteiger partial charge >= 0.3 is 6.16 Å². The van der Waals surface area contributed by atoms with Crippen LogP contribution in [0.15, 0.2) is 48.5 Å². The van der Waals surface area contributed by atoms with Crippen LogP contribution in [0.25, 0.3) is 0 Å². The Morgan fingerprint density at radius 2 is 1.64 bits per heavy atom. The molecule has 0 atom stereocenters. The van der Waals surface area contributed by atoms with Gasteiger partial charge in [-0.15, -0.1) is 0 Å². The van der Waals surface area contributed by atoms with Crippen LogP contribution in [0.4, 0.5) is 4.79 Å². The zero-order valence-electron chi connectivity index (χ0n) is 14.0. The van der Waals surface area contributed by atoms with Gasteiger partial charge in [0.25, 0.3) is 0 Å². The summed E-state index contributed by atoms with van der Waals surface area (Å²) in [5.41, 5.74) is 0.532. The van der Waals surface area contributed by atoms with Gasteiger partial charge in [0.05, 0.1) is 12.2 Å². The van der Waals surface area contributed by atoms with Crippen molar-refractivity contribution in [3.63, 3.8) is 0 Å². The molecule has 0 saturated carbocycles. The molecule has 0 aromatic heterocycles. The van der Waals surface area contributed by atoms with E-state index in [9.17, 15) is 14.4 Å². The van der Waals surface area contributed by atoms with Gasteiger partial charge in [-0.25, -0.2) is 4.79 Å². The van der Waals surface area contributed by atoms with Crippen molar-refractivity contribution >= 4 is 18.2 Å². The fraction of sp³-hybridized carbons (Fsp3) is 0.250. The number of unbranched alkanes of at least 4 members (excludes halogenated alkanes) is 2. The molecule has 0 heterocycles. The van der Waals surface area contributed by atoms with Crippen LogP contribution >= 0.6 is 0 Å². The summed E-state index contributed by atoms with van der Waals surface area (Å²) in [6.07, 6.45) is 3.62. The van der Waals surface area contributed by atoms with Crippen molar-refractivity contribution in [1.82, 2.24) is 0 Å². The molecule has 129 valence electrons. The quantitative estimate of drug-likeness (QED) is 0.314. The first-order chi connectivity index (χ1) is 12.2. The molecule has 0 aliphatic rings. The number of para-hydroxylation sites is 1. The lowest BCUT2D eigenvalue weighted by Crippen LogP contribution is -2.14. The molecule has 2 rings (SSSR count). The van der Waals surface area contributed by atoms with E-state index in [0.717, 1.165) is 19.3 Å². The van der Waals surface area contributed by atoms with Crippen molar-refractivity contribution < 1.29 is 23.9 Å². The first kappa shape index (κ1) is 18.4. The molecule has 0 N–H and O–H groups in total. The SMILES string of the molecule is CCCCCOC(=O)Oc1ccccc1C(=O)c1ccccc1[C]=O. The van der Waals surface area contributed by atoms with E-state index in [2.05, 4.69) is 6.92 Å². The summed E-state index contributed by atoms with van der Waals surface area (Å²) in [5.74, 6) is -0.331. The molecule has 0 amide bonds. The Bertz CT molecular complexity index is 751. The average molecular weight is 339 g/mol.